The Kier molecular flexibility index (Phi) is 12.5. The van der Waals surface area contributed by atoms with E-state index in [1.807, 2.05) is 6.92 Å². The SMILES string of the molecule is CCCC(C)CC(C)CC(C)COS(=O)(=O)[O-].[Na+]. The van der Waals surface area contributed by atoms with Crippen molar-refractivity contribution in [3.63, 3.8) is 0 Å². The van der Waals surface area contributed by atoms with E-state index >= 15 is 0 Å². The summed E-state index contributed by atoms with van der Waals surface area (Å²) in [6, 6.07) is 0. The molecule has 104 valence electrons. The van der Waals surface area contributed by atoms with Gasteiger partial charge in [-0.2, -0.15) is 0 Å². The monoisotopic (exact) mass is 288 g/mol. The first-order chi connectivity index (χ1) is 7.74. The molecular weight excluding hydrogens is 263 g/mol. The largest absolute Gasteiger partial charge is 1.00 e. The average molecular weight is 288 g/mol. The summed E-state index contributed by atoms with van der Waals surface area (Å²) in [5, 5.41) is 0. The third-order valence-electron chi connectivity index (χ3n) is 2.89. The van der Waals surface area contributed by atoms with Gasteiger partial charge in [0.05, 0.1) is 6.61 Å². The molecule has 0 N–H and O–H groups in total. The van der Waals surface area contributed by atoms with Crippen molar-refractivity contribution in [1.29, 1.82) is 0 Å². The fraction of sp³-hybridized carbons (Fsp3) is 1.00. The molecule has 6 heteroatoms. The molecule has 18 heavy (non-hydrogen) atoms. The van der Waals surface area contributed by atoms with Gasteiger partial charge in [0.15, 0.2) is 0 Å². The third kappa shape index (κ3) is 13.3. The molecule has 0 bridgehead atoms. The molecule has 0 aliphatic carbocycles. The number of rotatable bonds is 9. The summed E-state index contributed by atoms with van der Waals surface area (Å²) in [4.78, 5) is 0. The maximum absolute atomic E-state index is 10.3. The van der Waals surface area contributed by atoms with Crippen molar-refractivity contribution in [2.45, 2.75) is 53.4 Å². The summed E-state index contributed by atoms with van der Waals surface area (Å²) >= 11 is 0. The number of hydrogen-bond acceptors (Lipinski definition) is 4. The third-order valence-corrected chi connectivity index (χ3v) is 3.31. The van der Waals surface area contributed by atoms with Gasteiger partial charge in [0.1, 0.15) is 0 Å². The van der Waals surface area contributed by atoms with E-state index in [0.29, 0.717) is 11.8 Å². The summed E-state index contributed by atoms with van der Waals surface area (Å²) in [5.74, 6) is 1.33. The molecule has 0 fully saturated rings. The Morgan fingerprint density at radius 3 is 2.00 bits per heavy atom. The first-order valence-corrected chi connectivity index (χ1v) is 7.68. The molecule has 0 radical (unpaired) electrons. The van der Waals surface area contributed by atoms with Crippen LogP contribution in [0.5, 0.6) is 0 Å². The molecule has 0 aromatic heterocycles. The molecule has 0 saturated carbocycles. The molecule has 0 aromatic rings. The van der Waals surface area contributed by atoms with Crippen LogP contribution in [0.15, 0.2) is 0 Å². The van der Waals surface area contributed by atoms with E-state index in [2.05, 4.69) is 25.0 Å². The van der Waals surface area contributed by atoms with Crippen LogP contribution in [0.1, 0.15) is 53.4 Å². The zero-order chi connectivity index (χ0) is 13.5. The maximum atomic E-state index is 10.3. The zero-order valence-corrected chi connectivity index (χ0v) is 15.1. The quantitative estimate of drug-likeness (QED) is 0.339. The van der Waals surface area contributed by atoms with Crippen molar-refractivity contribution in [1.82, 2.24) is 0 Å². The van der Waals surface area contributed by atoms with E-state index in [1.54, 1.807) is 0 Å². The Balaban J connectivity index is 0. The van der Waals surface area contributed by atoms with E-state index in [4.69, 9.17) is 0 Å². The Morgan fingerprint density at radius 1 is 1.06 bits per heavy atom. The van der Waals surface area contributed by atoms with Crippen LogP contribution in [0.25, 0.3) is 0 Å². The molecule has 3 atom stereocenters. The van der Waals surface area contributed by atoms with Gasteiger partial charge in [0, 0.05) is 0 Å². The Bertz CT molecular complexity index is 292. The van der Waals surface area contributed by atoms with Crippen LogP contribution in [0.2, 0.25) is 0 Å². The van der Waals surface area contributed by atoms with Crippen molar-refractivity contribution in [2.75, 3.05) is 6.61 Å². The molecule has 4 nitrogen and oxygen atoms in total. The van der Waals surface area contributed by atoms with Crippen LogP contribution in [0.3, 0.4) is 0 Å². The molecule has 0 amide bonds. The fourth-order valence-corrected chi connectivity index (χ4v) is 2.75. The van der Waals surface area contributed by atoms with Crippen molar-refractivity contribution >= 4 is 10.4 Å². The van der Waals surface area contributed by atoms with Gasteiger partial charge >= 0.3 is 29.6 Å². The minimum atomic E-state index is -4.54. The molecule has 0 aromatic carbocycles. The molecule has 0 heterocycles. The van der Waals surface area contributed by atoms with Crippen LogP contribution < -0.4 is 29.6 Å². The smallest absolute Gasteiger partial charge is 0.726 e. The predicted molar refractivity (Wildman–Crippen MR) is 67.3 cm³/mol. The normalized spacial score (nSPS) is 16.7. The van der Waals surface area contributed by atoms with Crippen LogP contribution in [0.4, 0.5) is 0 Å². The second kappa shape index (κ2) is 10.6. The van der Waals surface area contributed by atoms with Crippen molar-refractivity contribution in [3.8, 4) is 0 Å². The molecule has 0 aliphatic rings. The Labute approximate surface area is 134 Å². The van der Waals surface area contributed by atoms with Crippen LogP contribution in [0, 0.1) is 17.8 Å². The first-order valence-electron chi connectivity index (χ1n) is 6.34. The van der Waals surface area contributed by atoms with Gasteiger partial charge in [-0.15, -0.1) is 0 Å². The van der Waals surface area contributed by atoms with E-state index in [0.717, 1.165) is 12.8 Å². The van der Waals surface area contributed by atoms with Crippen molar-refractivity contribution in [3.05, 3.63) is 0 Å². The summed E-state index contributed by atoms with van der Waals surface area (Å²) in [5.41, 5.74) is 0. The number of hydrogen-bond donors (Lipinski definition) is 0. The zero-order valence-electron chi connectivity index (χ0n) is 12.3. The van der Waals surface area contributed by atoms with Gasteiger partial charge in [0.25, 0.3) is 0 Å². The van der Waals surface area contributed by atoms with E-state index in [-0.39, 0.29) is 42.1 Å². The standard InChI is InChI=1S/C12H26O4S.Na/c1-5-6-10(2)7-11(3)8-12(4)9-16-17(13,14)15;/h10-12H,5-9H2,1-4H3,(H,13,14,15);/q;+1/p-1. The summed E-state index contributed by atoms with van der Waals surface area (Å²) in [6.45, 7) is 8.48. The predicted octanol–water partition coefficient (Wildman–Crippen LogP) is -0.0442. The molecule has 0 spiro atoms. The Hall–Kier alpha value is 0.870. The molecule has 0 aliphatic heterocycles. The maximum Gasteiger partial charge on any atom is 1.00 e. The van der Waals surface area contributed by atoms with Crippen molar-refractivity contribution < 1.29 is 46.7 Å². The van der Waals surface area contributed by atoms with Gasteiger partial charge in [-0.1, -0.05) is 40.5 Å². The molecule has 3 unspecified atom stereocenters. The average Bonchev–Trinajstić information content (AvgIpc) is 2.13. The van der Waals surface area contributed by atoms with Gasteiger partial charge in [0.2, 0.25) is 10.4 Å². The van der Waals surface area contributed by atoms with Crippen molar-refractivity contribution in [2.24, 2.45) is 17.8 Å². The first kappa shape index (κ1) is 21.2. The topological polar surface area (TPSA) is 66.4 Å². The molecule has 0 saturated heterocycles. The summed E-state index contributed by atoms with van der Waals surface area (Å²) in [7, 11) is -4.54. The van der Waals surface area contributed by atoms with Gasteiger partial charge in [-0.3, -0.25) is 4.18 Å². The second-order valence-electron chi connectivity index (χ2n) is 5.27. The minimum absolute atomic E-state index is 0. The second-order valence-corrected chi connectivity index (χ2v) is 6.32. The summed E-state index contributed by atoms with van der Waals surface area (Å²) < 4.78 is 35.2. The van der Waals surface area contributed by atoms with Gasteiger partial charge in [-0.05, 0) is 30.6 Å². The fourth-order valence-electron chi connectivity index (χ4n) is 2.35. The van der Waals surface area contributed by atoms with Crippen LogP contribution >= 0.6 is 0 Å². The van der Waals surface area contributed by atoms with E-state index in [1.165, 1.54) is 12.8 Å². The molecule has 0 rings (SSSR count). The van der Waals surface area contributed by atoms with Gasteiger partial charge < -0.3 is 4.55 Å². The van der Waals surface area contributed by atoms with E-state index < -0.39 is 10.4 Å². The van der Waals surface area contributed by atoms with E-state index in [9.17, 15) is 13.0 Å². The van der Waals surface area contributed by atoms with Crippen LogP contribution in [-0.4, -0.2) is 19.6 Å². The molecular formula is C12H25NaO4S. The summed E-state index contributed by atoms with van der Waals surface area (Å²) in [6.07, 6.45) is 4.46. The minimum Gasteiger partial charge on any atom is -0.726 e. The Morgan fingerprint density at radius 2 is 1.56 bits per heavy atom. The van der Waals surface area contributed by atoms with Crippen LogP contribution in [-0.2, 0) is 14.6 Å². The van der Waals surface area contributed by atoms with Gasteiger partial charge in [-0.25, -0.2) is 8.42 Å².